The molecule has 0 unspecified atom stereocenters. The molecule has 0 saturated heterocycles. The standard InChI is InChI=1S/C16H21N3/c1-10(2)16-17-14-9-19(4)8-12-7-11(3)5-6-13(12)15(14)18-16/h5-7,10H,8-9H2,1-4H3,(H,17,18). The third-order valence-corrected chi connectivity index (χ3v) is 3.73. The van der Waals surface area contributed by atoms with Crippen LogP contribution in [-0.4, -0.2) is 21.9 Å². The van der Waals surface area contributed by atoms with Crippen molar-refractivity contribution in [2.75, 3.05) is 7.05 Å². The van der Waals surface area contributed by atoms with E-state index < -0.39 is 0 Å². The Balaban J connectivity index is 2.19. The summed E-state index contributed by atoms with van der Waals surface area (Å²) in [6.07, 6.45) is 0. The summed E-state index contributed by atoms with van der Waals surface area (Å²) in [5.74, 6) is 1.53. The lowest BCUT2D eigenvalue weighted by Gasteiger charge is -2.14. The minimum atomic E-state index is 0.436. The van der Waals surface area contributed by atoms with E-state index in [1.807, 2.05) is 0 Å². The molecular weight excluding hydrogens is 234 g/mol. The number of fused-ring (bicyclic) bond motifs is 3. The van der Waals surface area contributed by atoms with Gasteiger partial charge >= 0.3 is 0 Å². The van der Waals surface area contributed by atoms with Crippen LogP contribution in [0.3, 0.4) is 0 Å². The molecule has 1 aromatic carbocycles. The molecule has 0 aliphatic carbocycles. The molecule has 0 fully saturated rings. The lowest BCUT2D eigenvalue weighted by molar-refractivity contribution is 0.319. The largest absolute Gasteiger partial charge is 0.342 e. The van der Waals surface area contributed by atoms with Crippen LogP contribution in [0.4, 0.5) is 0 Å². The molecule has 1 N–H and O–H groups in total. The normalized spacial score (nSPS) is 15.2. The zero-order valence-corrected chi connectivity index (χ0v) is 12.1. The van der Waals surface area contributed by atoms with Crippen LogP contribution in [0, 0.1) is 6.92 Å². The number of nitrogens with zero attached hydrogens (tertiary/aromatic N) is 2. The summed E-state index contributed by atoms with van der Waals surface area (Å²) in [7, 11) is 2.16. The van der Waals surface area contributed by atoms with Gasteiger partial charge in [-0.2, -0.15) is 0 Å². The third-order valence-electron chi connectivity index (χ3n) is 3.73. The predicted octanol–water partition coefficient (Wildman–Crippen LogP) is 3.45. The van der Waals surface area contributed by atoms with E-state index in [4.69, 9.17) is 4.98 Å². The number of aromatic nitrogens is 2. The van der Waals surface area contributed by atoms with Crippen molar-refractivity contribution in [3.8, 4) is 11.3 Å². The highest BCUT2D eigenvalue weighted by Gasteiger charge is 2.21. The maximum atomic E-state index is 4.78. The molecule has 3 heteroatoms. The molecule has 1 aliphatic heterocycles. The van der Waals surface area contributed by atoms with E-state index in [1.165, 1.54) is 28.1 Å². The Labute approximate surface area is 114 Å². The number of H-pyrrole nitrogens is 1. The first kappa shape index (κ1) is 12.4. The molecule has 0 amide bonds. The summed E-state index contributed by atoms with van der Waals surface area (Å²) < 4.78 is 0. The van der Waals surface area contributed by atoms with Crippen molar-refractivity contribution in [3.63, 3.8) is 0 Å². The Morgan fingerprint density at radius 1 is 1.26 bits per heavy atom. The summed E-state index contributed by atoms with van der Waals surface area (Å²) >= 11 is 0. The molecule has 0 spiro atoms. The highest BCUT2D eigenvalue weighted by Crippen LogP contribution is 2.32. The Kier molecular flexibility index (Phi) is 2.94. The van der Waals surface area contributed by atoms with E-state index in [-0.39, 0.29) is 0 Å². The summed E-state index contributed by atoms with van der Waals surface area (Å²) in [5, 5.41) is 0. The Morgan fingerprint density at radius 2 is 2.05 bits per heavy atom. The molecule has 1 aromatic heterocycles. The van der Waals surface area contributed by atoms with Crippen molar-refractivity contribution in [3.05, 3.63) is 40.8 Å². The molecule has 1 aliphatic rings. The highest BCUT2D eigenvalue weighted by atomic mass is 15.1. The Morgan fingerprint density at radius 3 is 2.79 bits per heavy atom. The van der Waals surface area contributed by atoms with E-state index in [0.29, 0.717) is 5.92 Å². The number of aryl methyl sites for hydroxylation is 1. The number of nitrogens with one attached hydrogen (secondary N) is 1. The second-order valence-electron chi connectivity index (χ2n) is 5.93. The average Bonchev–Trinajstić information content (AvgIpc) is 2.68. The van der Waals surface area contributed by atoms with Gasteiger partial charge in [0.25, 0.3) is 0 Å². The first-order chi connectivity index (χ1) is 9.04. The van der Waals surface area contributed by atoms with Gasteiger partial charge in [-0.15, -0.1) is 0 Å². The molecule has 0 radical (unpaired) electrons. The number of aromatic amines is 1. The Hall–Kier alpha value is -1.61. The van der Waals surface area contributed by atoms with Gasteiger partial charge in [-0.1, -0.05) is 37.6 Å². The Bertz CT molecular complexity index is 610. The molecule has 3 rings (SSSR count). The van der Waals surface area contributed by atoms with Crippen molar-refractivity contribution >= 4 is 0 Å². The van der Waals surface area contributed by atoms with Gasteiger partial charge in [-0.25, -0.2) is 4.98 Å². The molecular formula is C16H21N3. The van der Waals surface area contributed by atoms with E-state index >= 15 is 0 Å². The van der Waals surface area contributed by atoms with Gasteiger partial charge in [0.05, 0.1) is 11.4 Å². The molecule has 0 bridgehead atoms. The van der Waals surface area contributed by atoms with Gasteiger partial charge in [0.2, 0.25) is 0 Å². The van der Waals surface area contributed by atoms with Crippen LogP contribution in [0.2, 0.25) is 0 Å². The zero-order valence-electron chi connectivity index (χ0n) is 12.1. The predicted molar refractivity (Wildman–Crippen MR) is 78.0 cm³/mol. The number of rotatable bonds is 1. The topological polar surface area (TPSA) is 31.9 Å². The molecule has 0 atom stereocenters. The second-order valence-corrected chi connectivity index (χ2v) is 5.93. The number of hydrogen-bond acceptors (Lipinski definition) is 2. The lowest BCUT2D eigenvalue weighted by Crippen LogP contribution is -2.16. The lowest BCUT2D eigenvalue weighted by atomic mass is 10.0. The van der Waals surface area contributed by atoms with E-state index in [9.17, 15) is 0 Å². The fourth-order valence-electron chi connectivity index (χ4n) is 2.74. The van der Waals surface area contributed by atoms with Gasteiger partial charge in [-0.3, -0.25) is 4.90 Å². The quantitative estimate of drug-likeness (QED) is 0.846. The summed E-state index contributed by atoms with van der Waals surface area (Å²) in [5.41, 5.74) is 6.40. The first-order valence-electron chi connectivity index (χ1n) is 6.92. The van der Waals surface area contributed by atoms with Crippen LogP contribution in [-0.2, 0) is 13.1 Å². The molecule has 0 saturated carbocycles. The minimum absolute atomic E-state index is 0.436. The first-order valence-corrected chi connectivity index (χ1v) is 6.92. The average molecular weight is 255 g/mol. The number of benzene rings is 1. The van der Waals surface area contributed by atoms with Crippen LogP contribution >= 0.6 is 0 Å². The summed E-state index contributed by atoms with van der Waals surface area (Å²) in [4.78, 5) is 10.6. The van der Waals surface area contributed by atoms with Crippen molar-refractivity contribution < 1.29 is 0 Å². The maximum absolute atomic E-state index is 4.78. The van der Waals surface area contributed by atoms with E-state index in [0.717, 1.165) is 18.9 Å². The smallest absolute Gasteiger partial charge is 0.109 e. The monoisotopic (exact) mass is 255 g/mol. The molecule has 3 nitrogen and oxygen atoms in total. The summed E-state index contributed by atoms with van der Waals surface area (Å²) in [6.45, 7) is 8.40. The van der Waals surface area contributed by atoms with Crippen molar-refractivity contribution in [2.24, 2.45) is 0 Å². The zero-order chi connectivity index (χ0) is 13.6. The van der Waals surface area contributed by atoms with E-state index in [2.05, 4.69) is 55.9 Å². The van der Waals surface area contributed by atoms with Gasteiger partial charge in [0.1, 0.15) is 5.82 Å². The minimum Gasteiger partial charge on any atom is -0.342 e. The van der Waals surface area contributed by atoms with Crippen LogP contribution in [0.1, 0.15) is 42.4 Å². The summed E-state index contributed by atoms with van der Waals surface area (Å²) in [6, 6.07) is 6.70. The van der Waals surface area contributed by atoms with Gasteiger partial charge in [0.15, 0.2) is 0 Å². The third kappa shape index (κ3) is 2.19. The fourth-order valence-corrected chi connectivity index (χ4v) is 2.74. The number of imidazole rings is 1. The molecule has 19 heavy (non-hydrogen) atoms. The maximum Gasteiger partial charge on any atom is 0.109 e. The van der Waals surface area contributed by atoms with Crippen molar-refractivity contribution in [1.29, 1.82) is 0 Å². The fraction of sp³-hybridized carbons (Fsp3) is 0.438. The highest BCUT2D eigenvalue weighted by molar-refractivity contribution is 5.67. The van der Waals surface area contributed by atoms with Gasteiger partial charge < -0.3 is 4.98 Å². The molecule has 100 valence electrons. The van der Waals surface area contributed by atoms with Crippen molar-refractivity contribution in [1.82, 2.24) is 14.9 Å². The van der Waals surface area contributed by atoms with Crippen LogP contribution < -0.4 is 0 Å². The SMILES string of the molecule is Cc1ccc2c(c1)CN(C)Cc1nc(C(C)C)[nH]c1-2. The van der Waals surface area contributed by atoms with Crippen molar-refractivity contribution in [2.45, 2.75) is 39.8 Å². The number of hydrogen-bond donors (Lipinski definition) is 1. The van der Waals surface area contributed by atoms with Gasteiger partial charge in [-0.05, 0) is 19.5 Å². The van der Waals surface area contributed by atoms with Crippen LogP contribution in [0.25, 0.3) is 11.3 Å². The van der Waals surface area contributed by atoms with E-state index in [1.54, 1.807) is 0 Å². The van der Waals surface area contributed by atoms with Crippen LogP contribution in [0.15, 0.2) is 18.2 Å². The van der Waals surface area contributed by atoms with Gasteiger partial charge in [0, 0.05) is 24.6 Å². The molecule has 2 aromatic rings. The van der Waals surface area contributed by atoms with Crippen LogP contribution in [0.5, 0.6) is 0 Å². The molecule has 2 heterocycles. The second kappa shape index (κ2) is 4.49.